The molecule has 0 aliphatic carbocycles. The SMILES string of the molecule is C[C@@H]1CN(c2nc(-c3ccc(NC(=S)Nc4cccnc4)cc3)nn3cccc23)C[C@H](C)O1. The molecule has 8 nitrogen and oxygen atoms in total. The van der Waals surface area contributed by atoms with E-state index >= 15 is 0 Å². The number of hydrogen-bond acceptors (Lipinski definition) is 6. The first-order valence-electron chi connectivity index (χ1n) is 10.9. The number of benzene rings is 1. The van der Waals surface area contributed by atoms with E-state index in [1.54, 1.807) is 12.4 Å². The zero-order valence-electron chi connectivity index (χ0n) is 18.5. The molecule has 168 valence electrons. The lowest BCUT2D eigenvalue weighted by atomic mass is 10.2. The standard InChI is InChI=1S/C24H25N7OS/c1-16-14-30(15-17(2)32-16)23-21-6-4-12-31(21)29-22(28-23)18-7-9-19(10-8-18)26-24(33)27-20-5-3-11-25-13-20/h3-13,16-17H,14-15H2,1-2H3,(H2,26,27,33)/t16-,17+. The number of nitrogens with zero attached hydrogens (tertiary/aromatic N) is 5. The van der Waals surface area contributed by atoms with Gasteiger partial charge in [-0.15, -0.1) is 5.10 Å². The molecule has 0 spiro atoms. The van der Waals surface area contributed by atoms with Crippen molar-refractivity contribution in [2.24, 2.45) is 0 Å². The average molecular weight is 460 g/mol. The fourth-order valence-electron chi connectivity index (χ4n) is 4.06. The van der Waals surface area contributed by atoms with Gasteiger partial charge < -0.3 is 20.3 Å². The number of aromatic nitrogens is 4. The van der Waals surface area contributed by atoms with Crippen LogP contribution in [0.2, 0.25) is 0 Å². The predicted octanol–water partition coefficient (Wildman–Crippen LogP) is 4.21. The lowest BCUT2D eigenvalue weighted by molar-refractivity contribution is -0.00539. The van der Waals surface area contributed by atoms with Crippen molar-refractivity contribution in [1.29, 1.82) is 0 Å². The normalized spacial score (nSPS) is 18.3. The summed E-state index contributed by atoms with van der Waals surface area (Å²) in [6.07, 6.45) is 5.70. The fraction of sp³-hybridized carbons (Fsp3) is 0.250. The fourth-order valence-corrected chi connectivity index (χ4v) is 4.29. The van der Waals surface area contributed by atoms with Gasteiger partial charge in [-0.1, -0.05) is 0 Å². The molecule has 0 bridgehead atoms. The second kappa shape index (κ2) is 9.13. The number of rotatable bonds is 4. The molecule has 1 aliphatic heterocycles. The highest BCUT2D eigenvalue weighted by Crippen LogP contribution is 2.27. The average Bonchev–Trinajstić information content (AvgIpc) is 3.28. The molecule has 2 N–H and O–H groups in total. The first kappa shape index (κ1) is 21.3. The summed E-state index contributed by atoms with van der Waals surface area (Å²) in [7, 11) is 0. The van der Waals surface area contributed by atoms with Gasteiger partial charge in [-0.2, -0.15) is 0 Å². The third kappa shape index (κ3) is 4.79. The molecule has 0 unspecified atom stereocenters. The molecule has 0 saturated carbocycles. The van der Waals surface area contributed by atoms with Crippen LogP contribution in [-0.2, 0) is 4.74 Å². The third-order valence-corrected chi connectivity index (χ3v) is 5.62. The summed E-state index contributed by atoms with van der Waals surface area (Å²) < 4.78 is 7.80. The van der Waals surface area contributed by atoms with Crippen LogP contribution in [0.3, 0.4) is 0 Å². The molecule has 3 aromatic heterocycles. The Morgan fingerprint density at radius 3 is 2.48 bits per heavy atom. The summed E-state index contributed by atoms with van der Waals surface area (Å²) in [4.78, 5) is 11.3. The summed E-state index contributed by atoms with van der Waals surface area (Å²) in [6, 6.07) is 15.7. The first-order valence-corrected chi connectivity index (χ1v) is 11.3. The van der Waals surface area contributed by atoms with Gasteiger partial charge in [0.25, 0.3) is 0 Å². The Bertz CT molecular complexity index is 1250. The van der Waals surface area contributed by atoms with Gasteiger partial charge in [-0.3, -0.25) is 4.98 Å². The van der Waals surface area contributed by atoms with Crippen LogP contribution in [-0.4, -0.2) is 50.0 Å². The summed E-state index contributed by atoms with van der Waals surface area (Å²) in [5.74, 6) is 1.60. The van der Waals surface area contributed by atoms with Crippen LogP contribution in [0.25, 0.3) is 16.9 Å². The van der Waals surface area contributed by atoms with Gasteiger partial charge in [0.05, 0.1) is 24.1 Å². The minimum absolute atomic E-state index is 0.150. The zero-order chi connectivity index (χ0) is 22.8. The zero-order valence-corrected chi connectivity index (χ0v) is 19.3. The van der Waals surface area contributed by atoms with E-state index < -0.39 is 0 Å². The highest BCUT2D eigenvalue weighted by atomic mass is 32.1. The van der Waals surface area contributed by atoms with E-state index in [-0.39, 0.29) is 12.2 Å². The van der Waals surface area contributed by atoms with Crippen LogP contribution in [0.4, 0.5) is 17.2 Å². The Morgan fingerprint density at radius 1 is 1.00 bits per heavy atom. The summed E-state index contributed by atoms with van der Waals surface area (Å²) in [5.41, 5.74) is 3.63. The molecule has 4 aromatic rings. The first-order chi connectivity index (χ1) is 16.0. The van der Waals surface area contributed by atoms with Gasteiger partial charge in [0, 0.05) is 36.7 Å². The Morgan fingerprint density at radius 2 is 1.76 bits per heavy atom. The third-order valence-electron chi connectivity index (χ3n) is 5.41. The Hall–Kier alpha value is -3.56. The van der Waals surface area contributed by atoms with E-state index in [2.05, 4.69) is 34.4 Å². The number of nitrogens with one attached hydrogen (secondary N) is 2. The number of pyridine rings is 1. The minimum atomic E-state index is 0.150. The van der Waals surface area contributed by atoms with Gasteiger partial charge in [-0.25, -0.2) is 9.50 Å². The van der Waals surface area contributed by atoms with Crippen LogP contribution in [0.15, 0.2) is 67.1 Å². The van der Waals surface area contributed by atoms with E-state index in [1.165, 1.54) is 0 Å². The molecular formula is C24H25N7OS. The number of anilines is 3. The Labute approximate surface area is 197 Å². The largest absolute Gasteiger partial charge is 0.372 e. The maximum absolute atomic E-state index is 5.91. The van der Waals surface area contributed by atoms with Crippen molar-refractivity contribution in [2.45, 2.75) is 26.1 Å². The molecule has 1 fully saturated rings. The molecule has 2 atom stereocenters. The topological polar surface area (TPSA) is 79.6 Å². The van der Waals surface area contributed by atoms with Gasteiger partial charge in [0.2, 0.25) is 0 Å². The molecular weight excluding hydrogens is 434 g/mol. The van der Waals surface area contributed by atoms with Gasteiger partial charge in [0.15, 0.2) is 16.8 Å². The summed E-state index contributed by atoms with van der Waals surface area (Å²) in [6.45, 7) is 5.79. The smallest absolute Gasteiger partial charge is 0.182 e. The predicted molar refractivity (Wildman–Crippen MR) is 135 cm³/mol. The van der Waals surface area contributed by atoms with Crippen molar-refractivity contribution < 1.29 is 4.74 Å². The van der Waals surface area contributed by atoms with Crippen molar-refractivity contribution in [2.75, 3.05) is 28.6 Å². The molecule has 1 aromatic carbocycles. The van der Waals surface area contributed by atoms with Gasteiger partial charge >= 0.3 is 0 Å². The van der Waals surface area contributed by atoms with E-state index in [4.69, 9.17) is 27.0 Å². The molecule has 0 radical (unpaired) electrons. The Balaban J connectivity index is 1.37. The minimum Gasteiger partial charge on any atom is -0.372 e. The van der Waals surface area contributed by atoms with Crippen molar-refractivity contribution in [1.82, 2.24) is 19.6 Å². The lowest BCUT2D eigenvalue weighted by Crippen LogP contribution is -2.46. The van der Waals surface area contributed by atoms with Crippen molar-refractivity contribution in [3.63, 3.8) is 0 Å². The van der Waals surface area contributed by atoms with E-state index in [0.717, 1.165) is 41.4 Å². The summed E-state index contributed by atoms with van der Waals surface area (Å²) >= 11 is 5.40. The van der Waals surface area contributed by atoms with E-state index in [9.17, 15) is 0 Å². The number of thiocarbonyl (C=S) groups is 1. The Kier molecular flexibility index (Phi) is 5.89. The molecule has 33 heavy (non-hydrogen) atoms. The second-order valence-electron chi connectivity index (χ2n) is 8.16. The van der Waals surface area contributed by atoms with E-state index in [1.807, 2.05) is 59.2 Å². The number of ether oxygens (including phenoxy) is 1. The quantitative estimate of drug-likeness (QED) is 0.439. The number of fused-ring (bicyclic) bond motifs is 1. The monoisotopic (exact) mass is 459 g/mol. The van der Waals surface area contributed by atoms with Crippen LogP contribution in [0, 0.1) is 0 Å². The van der Waals surface area contributed by atoms with Crippen LogP contribution in [0.1, 0.15) is 13.8 Å². The van der Waals surface area contributed by atoms with E-state index in [0.29, 0.717) is 10.9 Å². The van der Waals surface area contributed by atoms with Crippen molar-refractivity contribution in [3.8, 4) is 11.4 Å². The highest BCUT2D eigenvalue weighted by Gasteiger charge is 2.25. The number of hydrogen-bond donors (Lipinski definition) is 2. The molecule has 0 amide bonds. The number of morpholine rings is 1. The maximum atomic E-state index is 5.91. The lowest BCUT2D eigenvalue weighted by Gasteiger charge is -2.36. The van der Waals surface area contributed by atoms with Crippen LogP contribution >= 0.6 is 12.2 Å². The van der Waals surface area contributed by atoms with Crippen LogP contribution in [0.5, 0.6) is 0 Å². The van der Waals surface area contributed by atoms with Gasteiger partial charge in [-0.05, 0) is 74.6 Å². The van der Waals surface area contributed by atoms with Gasteiger partial charge in [0.1, 0.15) is 5.52 Å². The summed E-state index contributed by atoms with van der Waals surface area (Å²) in [5, 5.41) is 11.5. The molecule has 9 heteroatoms. The van der Waals surface area contributed by atoms with Crippen molar-refractivity contribution in [3.05, 3.63) is 67.1 Å². The van der Waals surface area contributed by atoms with Crippen LogP contribution < -0.4 is 15.5 Å². The molecule has 1 aliphatic rings. The molecule has 4 heterocycles. The van der Waals surface area contributed by atoms with Crippen molar-refractivity contribution >= 4 is 40.0 Å². The maximum Gasteiger partial charge on any atom is 0.182 e. The molecule has 5 rings (SSSR count). The second-order valence-corrected chi connectivity index (χ2v) is 8.57. The molecule has 1 saturated heterocycles. The highest BCUT2D eigenvalue weighted by molar-refractivity contribution is 7.80.